The predicted molar refractivity (Wildman–Crippen MR) is 81.8 cm³/mol. The Morgan fingerprint density at radius 2 is 1.80 bits per heavy atom. The third-order valence-electron chi connectivity index (χ3n) is 2.99. The maximum Gasteiger partial charge on any atom is 0.322 e. The average molecular weight is 288 g/mol. The molecule has 0 saturated heterocycles. The Labute approximate surface area is 124 Å². The van der Waals surface area contributed by atoms with E-state index < -0.39 is 0 Å². The molecule has 0 fully saturated rings. The van der Waals surface area contributed by atoms with Gasteiger partial charge in [0.25, 0.3) is 0 Å². The summed E-state index contributed by atoms with van der Waals surface area (Å²) < 4.78 is 10.0. The van der Waals surface area contributed by atoms with Crippen molar-refractivity contribution in [1.29, 1.82) is 0 Å². The normalized spacial score (nSPS) is 13.2. The highest BCUT2D eigenvalue weighted by Crippen LogP contribution is 2.04. The van der Waals surface area contributed by atoms with Gasteiger partial charge in [-0.1, -0.05) is 27.7 Å². The fourth-order valence-corrected chi connectivity index (χ4v) is 2.16. The topological polar surface area (TPSA) is 50.8 Å². The van der Waals surface area contributed by atoms with Crippen molar-refractivity contribution >= 4 is 5.97 Å². The fraction of sp³-hybridized carbons (Fsp3) is 0.933. The van der Waals surface area contributed by atoms with Crippen LogP contribution >= 0.6 is 0 Å². The highest BCUT2D eigenvalue weighted by Gasteiger charge is 2.20. The van der Waals surface area contributed by atoms with E-state index in [4.69, 9.17) is 9.47 Å². The van der Waals surface area contributed by atoms with E-state index in [0.29, 0.717) is 12.5 Å². The van der Waals surface area contributed by atoms with E-state index in [9.17, 15) is 4.79 Å². The summed E-state index contributed by atoms with van der Waals surface area (Å²) in [5.41, 5.74) is 0. The number of nitrogens with one attached hydrogen (secondary N) is 1. The summed E-state index contributed by atoms with van der Waals surface area (Å²) in [6.07, 6.45) is 0.751. The zero-order valence-corrected chi connectivity index (χ0v) is 13.9. The van der Waals surface area contributed by atoms with E-state index in [1.807, 2.05) is 13.8 Å². The van der Waals surface area contributed by atoms with Gasteiger partial charge in [0.05, 0.1) is 13.7 Å². The quantitative estimate of drug-likeness (QED) is 0.584. The Bertz CT molecular complexity index is 258. The van der Waals surface area contributed by atoms with Crippen LogP contribution in [-0.2, 0) is 14.3 Å². The van der Waals surface area contributed by atoms with Gasteiger partial charge in [-0.05, 0) is 12.3 Å². The number of methoxy groups -OCH3 is 2. The molecule has 0 heterocycles. The van der Waals surface area contributed by atoms with Crippen LogP contribution in [-0.4, -0.2) is 63.4 Å². The molecular weight excluding hydrogens is 256 g/mol. The lowest BCUT2D eigenvalue weighted by Crippen LogP contribution is -2.44. The van der Waals surface area contributed by atoms with Gasteiger partial charge in [0, 0.05) is 32.8 Å². The van der Waals surface area contributed by atoms with Crippen molar-refractivity contribution < 1.29 is 14.3 Å². The lowest BCUT2D eigenvalue weighted by atomic mass is 10.1. The number of carbonyl (C=O) groups is 1. The molecule has 0 amide bonds. The van der Waals surface area contributed by atoms with Crippen molar-refractivity contribution in [2.45, 2.75) is 46.2 Å². The van der Waals surface area contributed by atoms with E-state index in [1.54, 1.807) is 7.11 Å². The van der Waals surface area contributed by atoms with Gasteiger partial charge in [-0.25, -0.2) is 0 Å². The lowest BCUT2D eigenvalue weighted by molar-refractivity contribution is -0.143. The van der Waals surface area contributed by atoms with E-state index in [1.165, 1.54) is 7.11 Å². The second kappa shape index (κ2) is 11.1. The third-order valence-corrected chi connectivity index (χ3v) is 2.99. The minimum absolute atomic E-state index is 0.185. The first-order valence-electron chi connectivity index (χ1n) is 7.45. The molecule has 0 aromatic heterocycles. The number of hydrogen-bond acceptors (Lipinski definition) is 5. The van der Waals surface area contributed by atoms with E-state index in [0.717, 1.165) is 26.1 Å². The number of rotatable bonds is 11. The first kappa shape index (κ1) is 19.4. The van der Waals surface area contributed by atoms with Gasteiger partial charge in [-0.3, -0.25) is 4.79 Å². The van der Waals surface area contributed by atoms with Crippen molar-refractivity contribution in [1.82, 2.24) is 10.2 Å². The maximum absolute atomic E-state index is 11.8. The van der Waals surface area contributed by atoms with Crippen LogP contribution in [0.25, 0.3) is 0 Å². The second-order valence-corrected chi connectivity index (χ2v) is 5.87. The van der Waals surface area contributed by atoms with Crippen LogP contribution in [0.1, 0.15) is 34.1 Å². The monoisotopic (exact) mass is 288 g/mol. The van der Waals surface area contributed by atoms with Crippen molar-refractivity contribution in [3.63, 3.8) is 0 Å². The minimum atomic E-state index is -0.239. The van der Waals surface area contributed by atoms with E-state index in [-0.39, 0.29) is 18.1 Å². The molecule has 0 spiro atoms. The Morgan fingerprint density at radius 1 is 1.15 bits per heavy atom. The number of ether oxygens (including phenoxy) is 2. The smallest absolute Gasteiger partial charge is 0.322 e. The minimum Gasteiger partial charge on any atom is -0.468 e. The van der Waals surface area contributed by atoms with Crippen LogP contribution in [0, 0.1) is 5.92 Å². The van der Waals surface area contributed by atoms with Gasteiger partial charge in [0.1, 0.15) is 6.04 Å². The number of nitrogens with zero attached hydrogens (tertiary/aromatic N) is 1. The average Bonchev–Trinajstić information content (AvgIpc) is 2.38. The van der Waals surface area contributed by atoms with Crippen LogP contribution in [0.3, 0.4) is 0 Å². The predicted octanol–water partition coefficient (Wildman–Crippen LogP) is 1.52. The Morgan fingerprint density at radius 3 is 2.25 bits per heavy atom. The summed E-state index contributed by atoms with van der Waals surface area (Å²) in [7, 11) is 3.15. The van der Waals surface area contributed by atoms with Crippen LogP contribution in [0.5, 0.6) is 0 Å². The van der Waals surface area contributed by atoms with Gasteiger partial charge >= 0.3 is 5.97 Å². The molecule has 5 nitrogen and oxygen atoms in total. The van der Waals surface area contributed by atoms with Gasteiger partial charge < -0.3 is 19.7 Å². The lowest BCUT2D eigenvalue weighted by Gasteiger charge is -2.26. The Kier molecular flexibility index (Phi) is 10.7. The first-order valence-corrected chi connectivity index (χ1v) is 7.45. The second-order valence-electron chi connectivity index (χ2n) is 5.87. The molecule has 120 valence electrons. The van der Waals surface area contributed by atoms with Crippen LogP contribution < -0.4 is 5.32 Å². The highest BCUT2D eigenvalue weighted by molar-refractivity contribution is 5.75. The molecule has 1 unspecified atom stereocenters. The summed E-state index contributed by atoms with van der Waals surface area (Å²) >= 11 is 0. The Balaban J connectivity index is 4.39. The van der Waals surface area contributed by atoms with Crippen LogP contribution in [0.2, 0.25) is 0 Å². The van der Waals surface area contributed by atoms with Gasteiger partial charge in [0.2, 0.25) is 0 Å². The molecular formula is C15H32N2O3. The number of hydrogen-bond donors (Lipinski definition) is 1. The van der Waals surface area contributed by atoms with Crippen molar-refractivity contribution in [3.8, 4) is 0 Å². The summed E-state index contributed by atoms with van der Waals surface area (Å²) in [5.74, 6) is 0.413. The molecule has 0 aliphatic heterocycles. The molecule has 0 aromatic carbocycles. The molecule has 0 rings (SSSR count). The van der Waals surface area contributed by atoms with Gasteiger partial charge in [-0.15, -0.1) is 0 Å². The third kappa shape index (κ3) is 9.28. The zero-order valence-electron chi connectivity index (χ0n) is 13.9. The molecule has 0 aliphatic rings. The van der Waals surface area contributed by atoms with Gasteiger partial charge in [0.15, 0.2) is 0 Å². The number of carbonyl (C=O) groups excluding carboxylic acids is 1. The SMILES string of the molecule is COCCN(CCC(NC(C)C)C(=O)OC)CC(C)C. The molecule has 1 atom stereocenters. The summed E-state index contributed by atoms with van der Waals surface area (Å²) in [4.78, 5) is 14.1. The summed E-state index contributed by atoms with van der Waals surface area (Å²) in [6, 6.07) is 0.0221. The molecule has 0 bridgehead atoms. The summed E-state index contributed by atoms with van der Waals surface area (Å²) in [6.45, 7) is 11.9. The Hall–Kier alpha value is -0.650. The van der Waals surface area contributed by atoms with Crippen molar-refractivity contribution in [3.05, 3.63) is 0 Å². The van der Waals surface area contributed by atoms with Gasteiger partial charge in [-0.2, -0.15) is 0 Å². The largest absolute Gasteiger partial charge is 0.468 e. The van der Waals surface area contributed by atoms with E-state index in [2.05, 4.69) is 24.1 Å². The number of esters is 1. The summed E-state index contributed by atoms with van der Waals surface area (Å²) in [5, 5.41) is 3.26. The molecule has 0 saturated carbocycles. The molecule has 1 N–H and O–H groups in total. The zero-order chi connectivity index (χ0) is 15.5. The highest BCUT2D eigenvalue weighted by atomic mass is 16.5. The molecule has 5 heteroatoms. The molecule has 20 heavy (non-hydrogen) atoms. The maximum atomic E-state index is 11.8. The van der Waals surface area contributed by atoms with Crippen molar-refractivity contribution in [2.24, 2.45) is 5.92 Å². The van der Waals surface area contributed by atoms with Crippen LogP contribution in [0.15, 0.2) is 0 Å². The molecule has 0 aliphatic carbocycles. The van der Waals surface area contributed by atoms with E-state index >= 15 is 0 Å². The standard InChI is InChI=1S/C15H32N2O3/c1-12(2)11-17(9-10-19-5)8-7-14(15(18)20-6)16-13(3)4/h12-14,16H,7-11H2,1-6H3. The first-order chi connectivity index (χ1) is 9.40. The van der Waals surface area contributed by atoms with Crippen molar-refractivity contribution in [2.75, 3.05) is 40.5 Å². The fourth-order valence-electron chi connectivity index (χ4n) is 2.16. The molecule has 0 aromatic rings. The van der Waals surface area contributed by atoms with Crippen LogP contribution in [0.4, 0.5) is 0 Å². The molecule has 0 radical (unpaired) electrons.